The monoisotopic (exact) mass is 133 g/mol. The van der Waals surface area contributed by atoms with Crippen LogP contribution in [0.4, 0.5) is 0 Å². The van der Waals surface area contributed by atoms with E-state index in [2.05, 4.69) is 44.5 Å². The fraction of sp³-hybridized carbons (Fsp3) is 0.300. The summed E-state index contributed by atoms with van der Waals surface area (Å²) in [6.07, 6.45) is 3.27. The van der Waals surface area contributed by atoms with E-state index in [-0.39, 0.29) is 0 Å². The lowest BCUT2D eigenvalue weighted by Crippen LogP contribution is -1.86. The van der Waals surface area contributed by atoms with Gasteiger partial charge in [-0.2, -0.15) is 0 Å². The fourth-order valence-corrected chi connectivity index (χ4v) is 1.06. The Morgan fingerprint density at radius 1 is 1.30 bits per heavy atom. The smallest absolute Gasteiger partial charge is 0.0248 e. The summed E-state index contributed by atoms with van der Waals surface area (Å²) in [5.41, 5.74) is 2.82. The molecule has 0 spiro atoms. The molecule has 0 aliphatic heterocycles. The van der Waals surface area contributed by atoms with Crippen LogP contribution in [0.5, 0.6) is 0 Å². The Hall–Kier alpha value is -0.780. The van der Waals surface area contributed by atoms with Crippen LogP contribution >= 0.6 is 0 Å². The summed E-state index contributed by atoms with van der Waals surface area (Å²) >= 11 is 0. The summed E-state index contributed by atoms with van der Waals surface area (Å²) < 4.78 is 0. The van der Waals surface area contributed by atoms with Crippen LogP contribution in [0.1, 0.15) is 18.1 Å². The zero-order valence-corrected chi connectivity index (χ0v) is 6.59. The van der Waals surface area contributed by atoms with Gasteiger partial charge in [0.2, 0.25) is 0 Å². The van der Waals surface area contributed by atoms with Crippen molar-refractivity contribution in [2.45, 2.75) is 20.3 Å². The van der Waals surface area contributed by atoms with E-state index in [9.17, 15) is 0 Å². The Labute approximate surface area is 62.9 Å². The molecule has 0 fully saturated rings. The molecule has 0 unspecified atom stereocenters. The Morgan fingerprint density at radius 2 is 2.00 bits per heavy atom. The maximum atomic E-state index is 2.18. The molecule has 0 aliphatic carbocycles. The second-order valence-corrected chi connectivity index (χ2v) is 2.54. The van der Waals surface area contributed by atoms with Crippen molar-refractivity contribution in [1.82, 2.24) is 0 Å². The SMILES string of the molecule is C[CH]Cc1ccccc1C. The quantitative estimate of drug-likeness (QED) is 0.582. The molecule has 0 aromatic heterocycles. The molecule has 0 N–H and O–H groups in total. The first-order chi connectivity index (χ1) is 4.84. The topological polar surface area (TPSA) is 0 Å². The molecule has 1 radical (unpaired) electrons. The number of aryl methyl sites for hydroxylation is 1. The lowest BCUT2D eigenvalue weighted by atomic mass is 10.1. The number of hydrogen-bond acceptors (Lipinski definition) is 0. The van der Waals surface area contributed by atoms with E-state index in [1.165, 1.54) is 11.1 Å². The van der Waals surface area contributed by atoms with Gasteiger partial charge in [-0.3, -0.25) is 0 Å². The zero-order valence-electron chi connectivity index (χ0n) is 6.59. The van der Waals surface area contributed by atoms with E-state index >= 15 is 0 Å². The standard InChI is InChI=1S/C10H13/c1-3-6-10-8-5-4-7-9(10)2/h3-5,7-8H,6H2,1-2H3. The van der Waals surface area contributed by atoms with Gasteiger partial charge >= 0.3 is 0 Å². The maximum Gasteiger partial charge on any atom is -0.0248 e. The molecule has 0 amide bonds. The van der Waals surface area contributed by atoms with Crippen LogP contribution in [0, 0.1) is 13.3 Å². The maximum absolute atomic E-state index is 2.18. The summed E-state index contributed by atoms with van der Waals surface area (Å²) in [6, 6.07) is 8.49. The highest BCUT2D eigenvalue weighted by molar-refractivity contribution is 5.26. The number of benzene rings is 1. The minimum absolute atomic E-state index is 1.09. The van der Waals surface area contributed by atoms with Crippen LogP contribution in [-0.2, 0) is 6.42 Å². The third-order valence-corrected chi connectivity index (χ3v) is 1.69. The van der Waals surface area contributed by atoms with E-state index in [0.717, 1.165) is 6.42 Å². The molecule has 0 heterocycles. The highest BCUT2D eigenvalue weighted by atomic mass is 14.0. The van der Waals surface area contributed by atoms with Crippen LogP contribution in [-0.4, -0.2) is 0 Å². The molecule has 10 heavy (non-hydrogen) atoms. The van der Waals surface area contributed by atoms with Crippen molar-refractivity contribution >= 4 is 0 Å². The van der Waals surface area contributed by atoms with Gasteiger partial charge in [0.1, 0.15) is 0 Å². The molecule has 1 aromatic rings. The molecule has 0 aliphatic rings. The average molecular weight is 133 g/mol. The summed E-state index contributed by atoms with van der Waals surface area (Å²) in [7, 11) is 0. The van der Waals surface area contributed by atoms with Gasteiger partial charge in [0.15, 0.2) is 0 Å². The summed E-state index contributed by atoms with van der Waals surface area (Å²) in [4.78, 5) is 0. The normalized spacial score (nSPS) is 9.80. The van der Waals surface area contributed by atoms with Gasteiger partial charge in [0.25, 0.3) is 0 Å². The Morgan fingerprint density at radius 3 is 2.60 bits per heavy atom. The highest BCUT2D eigenvalue weighted by Crippen LogP contribution is 2.07. The zero-order chi connectivity index (χ0) is 7.40. The van der Waals surface area contributed by atoms with Gasteiger partial charge < -0.3 is 0 Å². The average Bonchev–Trinajstić information content (AvgIpc) is 1.94. The number of rotatable bonds is 2. The molecule has 53 valence electrons. The molecule has 0 saturated carbocycles. The fourth-order valence-electron chi connectivity index (χ4n) is 1.06. The predicted octanol–water partition coefficient (Wildman–Crippen LogP) is 2.76. The van der Waals surface area contributed by atoms with Crippen molar-refractivity contribution in [1.29, 1.82) is 0 Å². The minimum Gasteiger partial charge on any atom is -0.0620 e. The summed E-state index contributed by atoms with van der Waals surface area (Å²) in [5.74, 6) is 0. The van der Waals surface area contributed by atoms with E-state index in [4.69, 9.17) is 0 Å². The van der Waals surface area contributed by atoms with Gasteiger partial charge in [-0.25, -0.2) is 0 Å². The van der Waals surface area contributed by atoms with Crippen molar-refractivity contribution in [2.75, 3.05) is 0 Å². The molecule has 0 saturated heterocycles. The van der Waals surface area contributed by atoms with E-state index in [1.807, 2.05) is 0 Å². The van der Waals surface area contributed by atoms with Gasteiger partial charge in [0, 0.05) is 0 Å². The largest absolute Gasteiger partial charge is 0.0620 e. The second kappa shape index (κ2) is 3.40. The summed E-state index contributed by atoms with van der Waals surface area (Å²) in [5, 5.41) is 0. The van der Waals surface area contributed by atoms with Crippen molar-refractivity contribution < 1.29 is 0 Å². The molecule has 0 heteroatoms. The third kappa shape index (κ3) is 1.60. The van der Waals surface area contributed by atoms with Crippen LogP contribution < -0.4 is 0 Å². The molecular formula is C10H13. The van der Waals surface area contributed by atoms with E-state index in [1.54, 1.807) is 0 Å². The molecule has 0 atom stereocenters. The van der Waals surface area contributed by atoms with Crippen molar-refractivity contribution in [3.8, 4) is 0 Å². The summed E-state index contributed by atoms with van der Waals surface area (Å²) in [6.45, 7) is 4.24. The highest BCUT2D eigenvalue weighted by Gasteiger charge is 1.92. The Balaban J connectivity index is 2.81. The third-order valence-electron chi connectivity index (χ3n) is 1.69. The van der Waals surface area contributed by atoms with Crippen LogP contribution in [0.3, 0.4) is 0 Å². The number of hydrogen-bond donors (Lipinski definition) is 0. The Kier molecular flexibility index (Phi) is 2.49. The minimum atomic E-state index is 1.09. The van der Waals surface area contributed by atoms with Gasteiger partial charge in [-0.05, 0) is 30.9 Å². The first kappa shape index (κ1) is 7.33. The van der Waals surface area contributed by atoms with Crippen LogP contribution in [0.2, 0.25) is 0 Å². The van der Waals surface area contributed by atoms with E-state index < -0.39 is 0 Å². The molecule has 0 nitrogen and oxygen atoms in total. The van der Waals surface area contributed by atoms with Crippen LogP contribution in [0.25, 0.3) is 0 Å². The first-order valence-corrected chi connectivity index (χ1v) is 3.67. The molecular weight excluding hydrogens is 120 g/mol. The molecule has 1 aromatic carbocycles. The lowest BCUT2D eigenvalue weighted by Gasteiger charge is -2.00. The molecule has 1 rings (SSSR count). The first-order valence-electron chi connectivity index (χ1n) is 3.67. The van der Waals surface area contributed by atoms with Gasteiger partial charge in [-0.1, -0.05) is 31.2 Å². The van der Waals surface area contributed by atoms with Crippen molar-refractivity contribution in [2.24, 2.45) is 0 Å². The van der Waals surface area contributed by atoms with E-state index in [0.29, 0.717) is 0 Å². The van der Waals surface area contributed by atoms with Crippen molar-refractivity contribution in [3.05, 3.63) is 41.8 Å². The second-order valence-electron chi connectivity index (χ2n) is 2.54. The van der Waals surface area contributed by atoms with Gasteiger partial charge in [-0.15, -0.1) is 0 Å². The van der Waals surface area contributed by atoms with Crippen molar-refractivity contribution in [3.63, 3.8) is 0 Å². The van der Waals surface area contributed by atoms with Crippen LogP contribution in [0.15, 0.2) is 24.3 Å². The lowest BCUT2D eigenvalue weighted by molar-refractivity contribution is 1.11. The predicted molar refractivity (Wildman–Crippen MR) is 44.9 cm³/mol. The molecule has 0 bridgehead atoms. The Bertz CT molecular complexity index is 201. The van der Waals surface area contributed by atoms with Gasteiger partial charge in [0.05, 0.1) is 0 Å².